The molecular formula is C12H9BrN2O4S. The van der Waals surface area contributed by atoms with Crippen LogP contribution in [-0.2, 0) is 0 Å². The van der Waals surface area contributed by atoms with Crippen molar-refractivity contribution in [1.82, 2.24) is 4.98 Å². The van der Waals surface area contributed by atoms with E-state index in [1.165, 1.54) is 12.5 Å². The molecule has 8 heteroatoms. The molecular weight excluding hydrogens is 348 g/mol. The molecule has 6 nitrogen and oxygen atoms in total. The number of methoxy groups -OCH3 is 1. The van der Waals surface area contributed by atoms with Gasteiger partial charge in [0.05, 0.1) is 12.8 Å². The number of thiazole rings is 1. The predicted molar refractivity (Wildman–Crippen MR) is 77.7 cm³/mol. The molecule has 2 rings (SSSR count). The van der Waals surface area contributed by atoms with Crippen LogP contribution in [0.5, 0.6) is 5.75 Å². The number of rotatable bonds is 4. The van der Waals surface area contributed by atoms with Crippen molar-refractivity contribution in [3.63, 3.8) is 0 Å². The summed E-state index contributed by atoms with van der Waals surface area (Å²) in [4.78, 5) is 26.5. The number of halogens is 1. The van der Waals surface area contributed by atoms with Crippen LogP contribution in [0.3, 0.4) is 0 Å². The number of nitrogens with one attached hydrogen (secondary N) is 1. The van der Waals surface area contributed by atoms with Crippen LogP contribution in [0, 0.1) is 0 Å². The minimum atomic E-state index is -1.17. The third-order valence-electron chi connectivity index (χ3n) is 2.33. The summed E-state index contributed by atoms with van der Waals surface area (Å²) in [6.45, 7) is 0. The number of anilines is 1. The molecule has 0 bridgehead atoms. The molecule has 1 heterocycles. The number of carboxylic acids is 1. The van der Waals surface area contributed by atoms with Crippen LogP contribution in [0.15, 0.2) is 28.1 Å². The highest BCUT2D eigenvalue weighted by Gasteiger charge is 2.16. The van der Waals surface area contributed by atoms with E-state index in [0.29, 0.717) is 11.4 Å². The average molecular weight is 357 g/mol. The van der Waals surface area contributed by atoms with E-state index in [9.17, 15) is 9.59 Å². The minimum Gasteiger partial charge on any atom is -0.495 e. The first-order valence-corrected chi connectivity index (χ1v) is 7.02. The second-order valence-corrected chi connectivity index (χ2v) is 5.42. The molecule has 0 fully saturated rings. The zero-order valence-corrected chi connectivity index (χ0v) is 12.6. The zero-order valence-electron chi connectivity index (χ0n) is 10.2. The second kappa shape index (κ2) is 6.02. The van der Waals surface area contributed by atoms with E-state index in [4.69, 9.17) is 9.84 Å². The number of carbonyl (C=O) groups is 2. The highest BCUT2D eigenvalue weighted by Crippen LogP contribution is 2.28. The van der Waals surface area contributed by atoms with Crippen molar-refractivity contribution < 1.29 is 19.4 Å². The molecule has 0 unspecified atom stereocenters. The van der Waals surface area contributed by atoms with Gasteiger partial charge in [0.15, 0.2) is 10.7 Å². The summed E-state index contributed by atoms with van der Waals surface area (Å²) >= 11 is 4.26. The fraction of sp³-hybridized carbons (Fsp3) is 0.0833. The molecule has 20 heavy (non-hydrogen) atoms. The maximum absolute atomic E-state index is 12.0. The lowest BCUT2D eigenvalue weighted by atomic mass is 10.3. The lowest BCUT2D eigenvalue weighted by molar-refractivity contribution is 0.0691. The Kier molecular flexibility index (Phi) is 4.35. The highest BCUT2D eigenvalue weighted by atomic mass is 79.9. The minimum absolute atomic E-state index is 0.0735. The quantitative estimate of drug-likeness (QED) is 0.879. The molecule has 1 amide bonds. The van der Waals surface area contributed by atoms with Gasteiger partial charge in [-0.25, -0.2) is 9.78 Å². The van der Waals surface area contributed by atoms with Gasteiger partial charge in [0.1, 0.15) is 5.75 Å². The largest absolute Gasteiger partial charge is 0.495 e. The van der Waals surface area contributed by atoms with Crippen LogP contribution in [-0.4, -0.2) is 29.1 Å². The summed E-state index contributed by atoms with van der Waals surface area (Å²) in [5.74, 6) is -1.16. The van der Waals surface area contributed by atoms with Crippen molar-refractivity contribution in [3.05, 3.63) is 38.8 Å². The van der Waals surface area contributed by atoms with Gasteiger partial charge in [-0.2, -0.15) is 0 Å². The van der Waals surface area contributed by atoms with Gasteiger partial charge in [0, 0.05) is 9.85 Å². The van der Waals surface area contributed by atoms with Gasteiger partial charge in [0.25, 0.3) is 5.91 Å². The van der Waals surface area contributed by atoms with Crippen molar-refractivity contribution in [3.8, 4) is 5.75 Å². The first-order valence-electron chi connectivity index (χ1n) is 5.35. The van der Waals surface area contributed by atoms with E-state index in [2.05, 4.69) is 26.2 Å². The molecule has 1 aromatic heterocycles. The predicted octanol–water partition coefficient (Wildman–Crippen LogP) is 2.86. The van der Waals surface area contributed by atoms with Crippen LogP contribution in [0.1, 0.15) is 20.3 Å². The number of hydrogen-bond acceptors (Lipinski definition) is 5. The monoisotopic (exact) mass is 356 g/mol. The van der Waals surface area contributed by atoms with Gasteiger partial charge in [-0.05, 0) is 18.2 Å². The van der Waals surface area contributed by atoms with Gasteiger partial charge < -0.3 is 15.2 Å². The van der Waals surface area contributed by atoms with Crippen LogP contribution >= 0.6 is 27.3 Å². The second-order valence-electron chi connectivity index (χ2n) is 3.64. The molecule has 2 N–H and O–H groups in total. The number of carbonyl (C=O) groups excluding carboxylic acids is 1. The molecule has 0 aliphatic heterocycles. The molecule has 0 spiro atoms. The van der Waals surface area contributed by atoms with E-state index in [-0.39, 0.29) is 10.7 Å². The Hall–Kier alpha value is -1.93. The fourth-order valence-corrected chi connectivity index (χ4v) is 2.48. The maximum Gasteiger partial charge on any atom is 0.355 e. The normalized spacial score (nSPS) is 10.1. The maximum atomic E-state index is 12.0. The Bertz CT molecular complexity index is 671. The molecule has 2 aromatic rings. The van der Waals surface area contributed by atoms with Crippen molar-refractivity contribution in [2.45, 2.75) is 0 Å². The van der Waals surface area contributed by atoms with Crippen molar-refractivity contribution in [2.24, 2.45) is 0 Å². The Morgan fingerprint density at radius 1 is 1.45 bits per heavy atom. The number of nitrogens with zero attached hydrogens (tertiary/aromatic N) is 1. The molecule has 0 saturated heterocycles. The summed E-state index contributed by atoms with van der Waals surface area (Å²) in [5, 5.41) is 12.8. The number of carboxylic acid groups (broad SMARTS) is 1. The molecule has 0 radical (unpaired) electrons. The van der Waals surface area contributed by atoms with Crippen molar-refractivity contribution in [2.75, 3.05) is 12.4 Å². The van der Waals surface area contributed by atoms with E-state index >= 15 is 0 Å². The van der Waals surface area contributed by atoms with Crippen LogP contribution in [0.4, 0.5) is 5.69 Å². The summed E-state index contributed by atoms with van der Waals surface area (Å²) in [5.41, 5.74) is 0.320. The molecule has 0 aliphatic rings. The van der Waals surface area contributed by atoms with Gasteiger partial charge >= 0.3 is 5.97 Å². The summed E-state index contributed by atoms with van der Waals surface area (Å²) < 4.78 is 5.91. The molecule has 0 atom stereocenters. The highest BCUT2D eigenvalue weighted by molar-refractivity contribution is 9.10. The topological polar surface area (TPSA) is 88.5 Å². The Morgan fingerprint density at radius 2 is 2.20 bits per heavy atom. The lowest BCUT2D eigenvalue weighted by Gasteiger charge is -2.09. The van der Waals surface area contributed by atoms with E-state index < -0.39 is 11.9 Å². The smallest absolute Gasteiger partial charge is 0.355 e. The molecule has 104 valence electrons. The first-order chi connectivity index (χ1) is 9.51. The van der Waals surface area contributed by atoms with Crippen LogP contribution in [0.25, 0.3) is 0 Å². The standard InChI is InChI=1S/C12H9BrN2O4S/c1-19-9-3-2-6(13)4-7(9)14-10(16)11-15-8(5-20-11)12(17)18/h2-5H,1H3,(H,14,16)(H,17,18). The van der Waals surface area contributed by atoms with E-state index in [0.717, 1.165) is 15.8 Å². The zero-order chi connectivity index (χ0) is 14.7. The molecule has 0 saturated carbocycles. The third kappa shape index (κ3) is 3.14. The van der Waals surface area contributed by atoms with E-state index in [1.807, 2.05) is 0 Å². The van der Waals surface area contributed by atoms with Crippen molar-refractivity contribution >= 4 is 44.8 Å². The summed E-state index contributed by atoms with van der Waals surface area (Å²) in [6, 6.07) is 5.16. The van der Waals surface area contributed by atoms with E-state index in [1.54, 1.807) is 18.2 Å². The van der Waals surface area contributed by atoms with Gasteiger partial charge in [-0.3, -0.25) is 4.79 Å². The first kappa shape index (κ1) is 14.5. The number of aromatic carboxylic acids is 1. The summed E-state index contributed by atoms with van der Waals surface area (Å²) in [7, 11) is 1.49. The number of hydrogen-bond donors (Lipinski definition) is 2. The molecule has 1 aromatic carbocycles. The Morgan fingerprint density at radius 3 is 2.80 bits per heavy atom. The van der Waals surface area contributed by atoms with Gasteiger partial charge in [0.2, 0.25) is 0 Å². The molecule has 0 aliphatic carbocycles. The Balaban J connectivity index is 2.22. The Labute approximate surface area is 126 Å². The summed E-state index contributed by atoms with van der Waals surface area (Å²) in [6.07, 6.45) is 0. The third-order valence-corrected chi connectivity index (χ3v) is 3.66. The SMILES string of the molecule is COc1ccc(Br)cc1NC(=O)c1nc(C(=O)O)cs1. The lowest BCUT2D eigenvalue weighted by Crippen LogP contribution is -2.13. The van der Waals surface area contributed by atoms with Gasteiger partial charge in [-0.1, -0.05) is 15.9 Å². The van der Waals surface area contributed by atoms with Crippen LogP contribution in [0.2, 0.25) is 0 Å². The van der Waals surface area contributed by atoms with Crippen LogP contribution < -0.4 is 10.1 Å². The van der Waals surface area contributed by atoms with Gasteiger partial charge in [-0.15, -0.1) is 11.3 Å². The average Bonchev–Trinajstić information content (AvgIpc) is 2.89. The number of ether oxygens (including phenoxy) is 1. The number of aromatic nitrogens is 1. The van der Waals surface area contributed by atoms with Crippen molar-refractivity contribution in [1.29, 1.82) is 0 Å². The number of amides is 1. The number of benzene rings is 1. The fourth-order valence-electron chi connectivity index (χ4n) is 1.43.